The highest BCUT2D eigenvalue weighted by Crippen LogP contribution is 2.09. The lowest BCUT2D eigenvalue weighted by atomic mass is 10.1. The molecule has 2 amide bonds. The van der Waals surface area contributed by atoms with Gasteiger partial charge in [0.15, 0.2) is 0 Å². The molecule has 1 heterocycles. The van der Waals surface area contributed by atoms with E-state index in [0.29, 0.717) is 18.0 Å². The van der Waals surface area contributed by atoms with E-state index in [0.717, 1.165) is 6.42 Å². The van der Waals surface area contributed by atoms with Crippen LogP contribution in [0.2, 0.25) is 0 Å². The standard InChI is InChI=1S/C11H18N4O2S/c1-7(2)8-6-9(16)14-10(13-8)15-11(17)12-4-3-5-18/h6-7,18H,3-5H2,1-2H3,(H3,12,13,14,15,16,17). The second kappa shape index (κ2) is 7.05. The van der Waals surface area contributed by atoms with Crippen LogP contribution in [0.5, 0.6) is 0 Å². The molecule has 100 valence electrons. The summed E-state index contributed by atoms with van der Waals surface area (Å²) in [5, 5.41) is 5.13. The molecule has 0 aliphatic rings. The number of urea groups is 1. The van der Waals surface area contributed by atoms with Crippen LogP contribution in [0.4, 0.5) is 10.7 Å². The van der Waals surface area contributed by atoms with Gasteiger partial charge in [0.1, 0.15) is 0 Å². The van der Waals surface area contributed by atoms with Crippen LogP contribution >= 0.6 is 12.6 Å². The Kier molecular flexibility index (Phi) is 5.70. The summed E-state index contributed by atoms with van der Waals surface area (Å²) >= 11 is 4.04. The third-order valence-corrected chi connectivity index (χ3v) is 2.52. The number of hydrogen-bond acceptors (Lipinski definition) is 4. The molecule has 1 rings (SSSR count). The van der Waals surface area contributed by atoms with Crippen LogP contribution < -0.4 is 16.2 Å². The maximum absolute atomic E-state index is 11.5. The molecule has 3 N–H and O–H groups in total. The minimum absolute atomic E-state index is 0.125. The van der Waals surface area contributed by atoms with Crippen molar-refractivity contribution < 1.29 is 4.79 Å². The van der Waals surface area contributed by atoms with Crippen molar-refractivity contribution in [1.82, 2.24) is 15.3 Å². The fraction of sp³-hybridized carbons (Fsp3) is 0.545. The molecular weight excluding hydrogens is 252 g/mol. The predicted octanol–water partition coefficient (Wildman–Crippen LogP) is 1.33. The molecule has 0 saturated carbocycles. The average molecular weight is 270 g/mol. The molecule has 0 aromatic carbocycles. The summed E-state index contributed by atoms with van der Waals surface area (Å²) in [5.41, 5.74) is 0.365. The predicted molar refractivity (Wildman–Crippen MR) is 74.4 cm³/mol. The molecule has 1 aromatic rings. The molecule has 0 aliphatic heterocycles. The Morgan fingerprint density at radius 1 is 1.56 bits per heavy atom. The number of carbonyl (C=O) groups is 1. The largest absolute Gasteiger partial charge is 0.338 e. The Labute approximate surface area is 111 Å². The smallest absolute Gasteiger partial charge is 0.321 e. The number of anilines is 1. The Bertz CT molecular complexity index is 459. The minimum Gasteiger partial charge on any atom is -0.338 e. The van der Waals surface area contributed by atoms with Gasteiger partial charge in [-0.2, -0.15) is 12.6 Å². The van der Waals surface area contributed by atoms with E-state index in [1.807, 2.05) is 13.8 Å². The molecule has 0 fully saturated rings. The quantitative estimate of drug-likeness (QED) is 0.481. The summed E-state index contributed by atoms with van der Waals surface area (Å²) in [6.45, 7) is 4.39. The molecular formula is C11H18N4O2S. The van der Waals surface area contributed by atoms with Crippen molar-refractivity contribution in [2.45, 2.75) is 26.2 Å². The fourth-order valence-electron chi connectivity index (χ4n) is 1.26. The number of aromatic amines is 1. The van der Waals surface area contributed by atoms with E-state index in [-0.39, 0.29) is 23.5 Å². The fourth-order valence-corrected chi connectivity index (χ4v) is 1.42. The number of carbonyl (C=O) groups excluding carboxylic acids is 1. The first-order valence-corrected chi connectivity index (χ1v) is 6.43. The number of aromatic nitrogens is 2. The molecule has 0 saturated heterocycles. The summed E-state index contributed by atoms with van der Waals surface area (Å²) < 4.78 is 0. The highest BCUT2D eigenvalue weighted by molar-refractivity contribution is 7.80. The number of thiol groups is 1. The van der Waals surface area contributed by atoms with E-state index in [4.69, 9.17) is 0 Å². The second-order valence-electron chi connectivity index (χ2n) is 4.13. The maximum Gasteiger partial charge on any atom is 0.321 e. The van der Waals surface area contributed by atoms with E-state index in [1.54, 1.807) is 0 Å². The summed E-state index contributed by atoms with van der Waals surface area (Å²) in [7, 11) is 0. The van der Waals surface area contributed by atoms with Gasteiger partial charge >= 0.3 is 6.03 Å². The number of H-pyrrole nitrogens is 1. The monoisotopic (exact) mass is 270 g/mol. The second-order valence-corrected chi connectivity index (χ2v) is 4.58. The van der Waals surface area contributed by atoms with Crippen LogP contribution in [-0.4, -0.2) is 28.3 Å². The van der Waals surface area contributed by atoms with Gasteiger partial charge in [0.05, 0.1) is 5.69 Å². The zero-order valence-electron chi connectivity index (χ0n) is 10.5. The molecule has 0 bridgehead atoms. The zero-order valence-corrected chi connectivity index (χ0v) is 11.4. The van der Waals surface area contributed by atoms with Crippen LogP contribution in [0, 0.1) is 0 Å². The Balaban J connectivity index is 2.66. The van der Waals surface area contributed by atoms with E-state index in [1.165, 1.54) is 6.07 Å². The molecule has 0 aliphatic carbocycles. The summed E-state index contributed by atoms with van der Waals surface area (Å²) in [4.78, 5) is 29.5. The first kappa shape index (κ1) is 14.6. The van der Waals surface area contributed by atoms with Crippen molar-refractivity contribution in [1.29, 1.82) is 0 Å². The van der Waals surface area contributed by atoms with Gasteiger partial charge in [0.2, 0.25) is 5.95 Å². The van der Waals surface area contributed by atoms with Crippen LogP contribution in [0.15, 0.2) is 10.9 Å². The third kappa shape index (κ3) is 4.79. The van der Waals surface area contributed by atoms with Crippen molar-refractivity contribution in [3.8, 4) is 0 Å². The van der Waals surface area contributed by atoms with Gasteiger partial charge in [-0.05, 0) is 18.1 Å². The molecule has 7 heteroatoms. The number of hydrogen-bond donors (Lipinski definition) is 4. The molecule has 0 spiro atoms. The van der Waals surface area contributed by atoms with Gasteiger partial charge in [0, 0.05) is 12.6 Å². The van der Waals surface area contributed by atoms with Gasteiger partial charge in [-0.3, -0.25) is 15.1 Å². The Morgan fingerprint density at radius 2 is 2.28 bits per heavy atom. The number of nitrogens with zero attached hydrogens (tertiary/aromatic N) is 1. The first-order valence-electron chi connectivity index (χ1n) is 5.80. The van der Waals surface area contributed by atoms with Crippen molar-refractivity contribution in [2.24, 2.45) is 0 Å². The van der Waals surface area contributed by atoms with E-state index in [9.17, 15) is 9.59 Å². The van der Waals surface area contributed by atoms with Crippen molar-refractivity contribution in [2.75, 3.05) is 17.6 Å². The van der Waals surface area contributed by atoms with Crippen LogP contribution in [0.3, 0.4) is 0 Å². The van der Waals surface area contributed by atoms with Gasteiger partial charge in [-0.1, -0.05) is 13.8 Å². The molecule has 0 atom stereocenters. The van der Waals surface area contributed by atoms with E-state index >= 15 is 0 Å². The highest BCUT2D eigenvalue weighted by atomic mass is 32.1. The van der Waals surface area contributed by atoms with Crippen LogP contribution in [0.1, 0.15) is 31.9 Å². The molecule has 6 nitrogen and oxygen atoms in total. The number of amides is 2. The van der Waals surface area contributed by atoms with Crippen molar-refractivity contribution >= 4 is 24.6 Å². The lowest BCUT2D eigenvalue weighted by molar-refractivity contribution is 0.252. The zero-order chi connectivity index (χ0) is 13.5. The van der Waals surface area contributed by atoms with Gasteiger partial charge in [-0.15, -0.1) is 0 Å². The van der Waals surface area contributed by atoms with Crippen LogP contribution in [-0.2, 0) is 0 Å². The normalized spacial score (nSPS) is 10.4. The van der Waals surface area contributed by atoms with Crippen molar-refractivity contribution in [3.63, 3.8) is 0 Å². The molecule has 0 radical (unpaired) electrons. The van der Waals surface area contributed by atoms with Gasteiger partial charge in [0.25, 0.3) is 5.56 Å². The maximum atomic E-state index is 11.5. The lowest BCUT2D eigenvalue weighted by Crippen LogP contribution is -2.31. The van der Waals surface area contributed by atoms with Crippen LogP contribution in [0.25, 0.3) is 0 Å². The van der Waals surface area contributed by atoms with E-state index in [2.05, 4.69) is 33.2 Å². The van der Waals surface area contributed by atoms with Gasteiger partial charge in [-0.25, -0.2) is 9.78 Å². The Hall–Kier alpha value is -1.50. The summed E-state index contributed by atoms with van der Waals surface area (Å²) in [6.07, 6.45) is 0.784. The van der Waals surface area contributed by atoms with Gasteiger partial charge < -0.3 is 5.32 Å². The van der Waals surface area contributed by atoms with E-state index < -0.39 is 0 Å². The Morgan fingerprint density at radius 3 is 2.89 bits per heavy atom. The topological polar surface area (TPSA) is 86.9 Å². The molecule has 0 unspecified atom stereocenters. The number of nitrogens with one attached hydrogen (secondary N) is 3. The molecule has 1 aromatic heterocycles. The lowest BCUT2D eigenvalue weighted by Gasteiger charge is -2.08. The minimum atomic E-state index is -0.388. The molecule has 18 heavy (non-hydrogen) atoms. The number of rotatable bonds is 5. The summed E-state index contributed by atoms with van der Waals surface area (Å²) in [5.74, 6) is 0.993. The SMILES string of the molecule is CC(C)c1cc(=O)[nH]c(NC(=O)NCCCS)n1. The first-order chi connectivity index (χ1) is 8.52. The highest BCUT2D eigenvalue weighted by Gasteiger charge is 2.07. The third-order valence-electron chi connectivity index (χ3n) is 2.21. The average Bonchev–Trinajstić information content (AvgIpc) is 2.28. The van der Waals surface area contributed by atoms with Crippen molar-refractivity contribution in [3.05, 3.63) is 22.1 Å². The summed E-state index contributed by atoms with van der Waals surface area (Å²) in [6, 6.07) is 1.04.